The molecule has 2 aliphatic heterocycles. The Bertz CT molecular complexity index is 906. The number of aromatic nitrogens is 1. The van der Waals surface area contributed by atoms with Gasteiger partial charge < -0.3 is 0 Å². The van der Waals surface area contributed by atoms with Crippen molar-refractivity contribution in [1.82, 2.24) is 15.2 Å². The van der Waals surface area contributed by atoms with Gasteiger partial charge in [0, 0.05) is 24.9 Å². The lowest BCUT2D eigenvalue weighted by molar-refractivity contribution is -0.142. The first-order valence-electron chi connectivity index (χ1n) is 7.51. The number of hydrogen-bond acceptors (Lipinski definition) is 6. The molecule has 0 bridgehead atoms. The van der Waals surface area contributed by atoms with E-state index in [-0.39, 0.29) is 31.2 Å². The van der Waals surface area contributed by atoms with E-state index < -0.39 is 17.2 Å². The molecule has 122 valence electrons. The number of nitrogens with one attached hydrogen (secondary N) is 1. The van der Waals surface area contributed by atoms with E-state index in [1.54, 1.807) is 23.7 Å². The molecule has 1 aromatic carbocycles. The fourth-order valence-electron chi connectivity index (χ4n) is 3.27. The standard InChI is InChI=1S/C16H13N3O4S/c20-12-3-4-16(15(23)18-12)6-13(21)19(7-16)14(22)9-1-2-10-11(5-9)24-8-17-10/h1-2,5,8H,3-4,6-7H2,(H,18,20,23). The van der Waals surface area contributed by atoms with E-state index in [1.165, 1.54) is 11.3 Å². The minimum absolute atomic E-state index is 0.0184. The molecule has 2 aromatic rings. The first-order chi connectivity index (χ1) is 11.5. The molecule has 0 radical (unpaired) electrons. The Morgan fingerprint density at radius 1 is 1.29 bits per heavy atom. The minimum Gasteiger partial charge on any atom is -0.296 e. The fourth-order valence-corrected chi connectivity index (χ4v) is 3.98. The van der Waals surface area contributed by atoms with Gasteiger partial charge >= 0.3 is 0 Å². The molecule has 3 heterocycles. The van der Waals surface area contributed by atoms with Crippen molar-refractivity contribution in [2.45, 2.75) is 19.3 Å². The molecule has 2 fully saturated rings. The summed E-state index contributed by atoms with van der Waals surface area (Å²) in [6.45, 7) is 0.0184. The van der Waals surface area contributed by atoms with Gasteiger partial charge in [0.25, 0.3) is 5.91 Å². The van der Waals surface area contributed by atoms with Crippen LogP contribution in [-0.4, -0.2) is 40.1 Å². The highest BCUT2D eigenvalue weighted by Gasteiger charge is 2.52. The average Bonchev–Trinajstić information content (AvgIpc) is 3.15. The number of fused-ring (bicyclic) bond motifs is 1. The number of rotatable bonds is 1. The van der Waals surface area contributed by atoms with Crippen LogP contribution in [0.1, 0.15) is 29.6 Å². The molecular formula is C16H13N3O4S. The van der Waals surface area contributed by atoms with E-state index in [0.29, 0.717) is 12.0 Å². The molecule has 0 aliphatic carbocycles. The van der Waals surface area contributed by atoms with Crippen LogP contribution < -0.4 is 5.32 Å². The van der Waals surface area contributed by atoms with Crippen LogP contribution in [0.4, 0.5) is 0 Å². The fraction of sp³-hybridized carbons (Fsp3) is 0.312. The summed E-state index contributed by atoms with van der Waals surface area (Å²) >= 11 is 1.42. The van der Waals surface area contributed by atoms with Crippen molar-refractivity contribution in [2.75, 3.05) is 6.54 Å². The first kappa shape index (κ1) is 14.9. The highest BCUT2D eigenvalue weighted by molar-refractivity contribution is 7.16. The van der Waals surface area contributed by atoms with Crippen LogP contribution >= 0.6 is 11.3 Å². The Labute approximate surface area is 140 Å². The van der Waals surface area contributed by atoms with Crippen LogP contribution in [0.15, 0.2) is 23.7 Å². The zero-order valence-electron chi connectivity index (χ0n) is 12.6. The van der Waals surface area contributed by atoms with Gasteiger partial charge in [-0.05, 0) is 24.6 Å². The van der Waals surface area contributed by atoms with Gasteiger partial charge in [-0.15, -0.1) is 11.3 Å². The van der Waals surface area contributed by atoms with Gasteiger partial charge in [-0.3, -0.25) is 29.4 Å². The minimum atomic E-state index is -0.977. The largest absolute Gasteiger partial charge is 0.296 e. The second-order valence-corrected chi connectivity index (χ2v) is 7.04. The molecule has 1 N–H and O–H groups in total. The van der Waals surface area contributed by atoms with Gasteiger partial charge in [0.1, 0.15) is 0 Å². The molecule has 4 amide bonds. The lowest BCUT2D eigenvalue weighted by Crippen LogP contribution is -2.50. The SMILES string of the molecule is O=C1CCC2(CC(=O)N(C(=O)c3ccc4ncsc4c3)C2)C(=O)N1. The topological polar surface area (TPSA) is 96.4 Å². The van der Waals surface area contributed by atoms with Gasteiger partial charge in [0.05, 0.1) is 21.1 Å². The Morgan fingerprint density at radius 2 is 2.12 bits per heavy atom. The molecule has 2 aliphatic rings. The van der Waals surface area contributed by atoms with E-state index in [2.05, 4.69) is 10.3 Å². The maximum Gasteiger partial charge on any atom is 0.260 e. The van der Waals surface area contributed by atoms with E-state index in [0.717, 1.165) is 15.1 Å². The molecule has 0 saturated carbocycles. The van der Waals surface area contributed by atoms with Crippen molar-refractivity contribution in [3.63, 3.8) is 0 Å². The number of amides is 4. The van der Waals surface area contributed by atoms with Gasteiger partial charge in [0.2, 0.25) is 17.7 Å². The molecule has 24 heavy (non-hydrogen) atoms. The third-order valence-corrected chi connectivity index (χ3v) is 5.43. The molecule has 1 unspecified atom stereocenters. The van der Waals surface area contributed by atoms with Crippen molar-refractivity contribution < 1.29 is 19.2 Å². The highest BCUT2D eigenvalue weighted by atomic mass is 32.1. The van der Waals surface area contributed by atoms with E-state index in [4.69, 9.17) is 0 Å². The summed E-state index contributed by atoms with van der Waals surface area (Å²) < 4.78 is 0.864. The molecule has 1 atom stereocenters. The molecule has 7 nitrogen and oxygen atoms in total. The van der Waals surface area contributed by atoms with Crippen molar-refractivity contribution in [2.24, 2.45) is 5.41 Å². The number of thiazole rings is 1. The van der Waals surface area contributed by atoms with Crippen LogP contribution in [0.3, 0.4) is 0 Å². The first-order valence-corrected chi connectivity index (χ1v) is 8.39. The van der Waals surface area contributed by atoms with Gasteiger partial charge in [-0.2, -0.15) is 0 Å². The number of benzene rings is 1. The summed E-state index contributed by atoms with van der Waals surface area (Å²) in [5.41, 5.74) is 1.91. The molecule has 2 saturated heterocycles. The van der Waals surface area contributed by atoms with E-state index in [1.807, 2.05) is 0 Å². The van der Waals surface area contributed by atoms with Crippen LogP contribution in [-0.2, 0) is 14.4 Å². The number of hydrogen-bond donors (Lipinski definition) is 1. The average molecular weight is 343 g/mol. The molecule has 8 heteroatoms. The van der Waals surface area contributed by atoms with E-state index in [9.17, 15) is 19.2 Å². The summed E-state index contributed by atoms with van der Waals surface area (Å²) in [5.74, 6) is -1.59. The zero-order valence-corrected chi connectivity index (χ0v) is 13.4. The van der Waals surface area contributed by atoms with Crippen molar-refractivity contribution >= 4 is 45.2 Å². The number of likely N-dealkylation sites (tertiary alicyclic amines) is 1. The second kappa shape index (κ2) is 5.20. The van der Waals surface area contributed by atoms with Gasteiger partial charge in [0.15, 0.2) is 0 Å². The third kappa shape index (κ3) is 2.22. The van der Waals surface area contributed by atoms with Crippen LogP contribution in [0.2, 0.25) is 0 Å². The maximum absolute atomic E-state index is 12.7. The summed E-state index contributed by atoms with van der Waals surface area (Å²) in [4.78, 5) is 53.8. The van der Waals surface area contributed by atoms with Crippen LogP contribution in [0.5, 0.6) is 0 Å². The highest BCUT2D eigenvalue weighted by Crippen LogP contribution is 2.39. The Kier molecular flexibility index (Phi) is 3.24. The predicted molar refractivity (Wildman–Crippen MR) is 85.1 cm³/mol. The maximum atomic E-state index is 12.7. The molecule has 4 rings (SSSR count). The quantitative estimate of drug-likeness (QED) is 0.782. The zero-order chi connectivity index (χ0) is 16.9. The van der Waals surface area contributed by atoms with Gasteiger partial charge in [-0.25, -0.2) is 4.98 Å². The summed E-state index contributed by atoms with van der Waals surface area (Å²) in [5, 5.41) is 2.28. The Hall–Kier alpha value is -2.61. The number of carbonyl (C=O) groups is 4. The number of nitrogens with zero attached hydrogens (tertiary/aromatic N) is 2. The third-order valence-electron chi connectivity index (χ3n) is 4.64. The molecular weight excluding hydrogens is 330 g/mol. The normalized spacial score (nSPS) is 24.0. The van der Waals surface area contributed by atoms with Crippen LogP contribution in [0.25, 0.3) is 10.2 Å². The Balaban J connectivity index is 1.62. The smallest absolute Gasteiger partial charge is 0.260 e. The van der Waals surface area contributed by atoms with Crippen molar-refractivity contribution in [1.29, 1.82) is 0 Å². The molecule has 1 spiro atoms. The summed E-state index contributed by atoms with van der Waals surface area (Å²) in [7, 11) is 0. The van der Waals surface area contributed by atoms with Crippen LogP contribution in [0, 0.1) is 5.41 Å². The lowest BCUT2D eigenvalue weighted by atomic mass is 9.79. The van der Waals surface area contributed by atoms with E-state index >= 15 is 0 Å². The second-order valence-electron chi connectivity index (χ2n) is 6.15. The number of piperidine rings is 1. The van der Waals surface area contributed by atoms with Crippen molar-refractivity contribution in [3.05, 3.63) is 29.3 Å². The number of imide groups is 2. The summed E-state index contributed by atoms with van der Waals surface area (Å²) in [6.07, 6.45) is 0.440. The lowest BCUT2D eigenvalue weighted by Gasteiger charge is -2.30. The van der Waals surface area contributed by atoms with Crippen molar-refractivity contribution in [3.8, 4) is 0 Å². The monoisotopic (exact) mass is 343 g/mol. The summed E-state index contributed by atoms with van der Waals surface area (Å²) in [6, 6.07) is 5.08. The molecule has 1 aromatic heterocycles. The predicted octanol–water partition coefficient (Wildman–Crippen LogP) is 1.09. The number of carbonyl (C=O) groups excluding carboxylic acids is 4. The van der Waals surface area contributed by atoms with Gasteiger partial charge in [-0.1, -0.05) is 0 Å². The Morgan fingerprint density at radius 3 is 2.92 bits per heavy atom.